The number of carbonyl (C=O) groups is 1. The molecule has 3 aromatic rings. The molecule has 42 heavy (non-hydrogen) atoms. The first-order valence-corrected chi connectivity index (χ1v) is 14.6. The molecule has 4 N–H and O–H groups in total. The van der Waals surface area contributed by atoms with Gasteiger partial charge in [-0.05, 0) is 31.2 Å². The van der Waals surface area contributed by atoms with E-state index in [9.17, 15) is 31.2 Å². The van der Waals surface area contributed by atoms with Gasteiger partial charge in [-0.3, -0.25) is 10.1 Å². The topological polar surface area (TPSA) is 197 Å². The molecule has 2 heterocycles. The van der Waals surface area contributed by atoms with Crippen LogP contribution in [0.5, 0.6) is 6.01 Å². The van der Waals surface area contributed by atoms with Crippen LogP contribution in [0.25, 0.3) is 0 Å². The van der Waals surface area contributed by atoms with Crippen LogP contribution in [-0.4, -0.2) is 63.8 Å². The fraction of sp³-hybridized carbons (Fsp3) is 0.435. The third kappa shape index (κ3) is 9.82. The largest absolute Gasteiger partial charge is 0.467 e. The summed E-state index contributed by atoms with van der Waals surface area (Å²) in [7, 11) is -3.14. The molecule has 3 rings (SSSR count). The molecule has 0 atom stereocenters. The molecular weight excluding hydrogens is 603 g/mol. The minimum Gasteiger partial charge on any atom is -0.467 e. The third-order valence-electron chi connectivity index (χ3n) is 5.06. The lowest BCUT2D eigenvalue weighted by atomic mass is 9.93. The number of nitrogens with one attached hydrogen (secondary N) is 2. The standard InChI is InChI=1S/C15H16F3N5O4S.C8H14N4OS/c1-9-19-12(22-14(20-9)27-2)21-13(24)23-28(25,26)11-6-4-3-5-10(11)7-8-15(16,17)18;1-8(2,3)5-6(13)12(9)7(14-4)11-10-5/h3-6H,7-8H2,1-2H3,(H2,19,20,21,22,23,24);9H2,1-4H3. The van der Waals surface area contributed by atoms with E-state index in [1.54, 1.807) is 11.0 Å². The summed E-state index contributed by atoms with van der Waals surface area (Å²) in [6.45, 7) is 7.20. The molecule has 0 fully saturated rings. The van der Waals surface area contributed by atoms with Crippen LogP contribution in [-0.2, 0) is 21.9 Å². The Labute approximate surface area is 243 Å². The summed E-state index contributed by atoms with van der Waals surface area (Å²) < 4.78 is 69.8. The highest BCUT2D eigenvalue weighted by atomic mass is 32.2. The molecule has 0 aliphatic heterocycles. The molecule has 0 aliphatic rings. The fourth-order valence-electron chi connectivity index (χ4n) is 3.15. The molecule has 14 nitrogen and oxygen atoms in total. The average molecular weight is 634 g/mol. The molecule has 0 spiro atoms. The minimum atomic E-state index is -4.45. The number of alkyl halides is 3. The van der Waals surface area contributed by atoms with Gasteiger partial charge in [0.2, 0.25) is 11.1 Å². The molecule has 19 heteroatoms. The Morgan fingerprint density at radius 3 is 2.33 bits per heavy atom. The SMILES string of the molecule is COc1nc(C)nc(NC(=O)NS(=O)(=O)c2ccccc2CCC(F)(F)F)n1.CSc1nnc(C(C)(C)C)c(=O)n1N. The van der Waals surface area contributed by atoms with Crippen LogP contribution < -0.4 is 26.2 Å². The smallest absolute Gasteiger partial charge is 0.389 e. The van der Waals surface area contributed by atoms with Gasteiger partial charge < -0.3 is 10.6 Å². The predicted molar refractivity (Wildman–Crippen MR) is 148 cm³/mol. The number of aryl methyl sites for hydroxylation is 2. The van der Waals surface area contributed by atoms with Crippen molar-refractivity contribution in [3.05, 3.63) is 51.7 Å². The van der Waals surface area contributed by atoms with Gasteiger partial charge in [-0.2, -0.15) is 32.8 Å². The molecule has 0 saturated heterocycles. The van der Waals surface area contributed by atoms with E-state index < -0.39 is 40.0 Å². The quantitative estimate of drug-likeness (QED) is 0.254. The maximum Gasteiger partial charge on any atom is 0.389 e. The Kier molecular flexibility index (Phi) is 11.2. The number of hydrogen-bond acceptors (Lipinski definition) is 12. The number of halogens is 3. The molecule has 0 bridgehead atoms. The van der Waals surface area contributed by atoms with Crippen molar-refractivity contribution in [1.29, 1.82) is 0 Å². The van der Waals surface area contributed by atoms with Crippen molar-refractivity contribution in [3.63, 3.8) is 0 Å². The van der Waals surface area contributed by atoms with Gasteiger partial charge in [0.25, 0.3) is 15.6 Å². The Balaban J connectivity index is 0.000000369. The first-order chi connectivity index (χ1) is 19.4. The number of thioether (sulfide) groups is 1. The summed E-state index contributed by atoms with van der Waals surface area (Å²) in [5.41, 5.74) is -0.297. The lowest BCUT2D eigenvalue weighted by Gasteiger charge is -2.16. The zero-order chi connectivity index (χ0) is 31.9. The van der Waals surface area contributed by atoms with Gasteiger partial charge in [-0.15, -0.1) is 10.2 Å². The lowest BCUT2D eigenvalue weighted by molar-refractivity contribution is -0.134. The number of benzene rings is 1. The molecule has 0 radical (unpaired) electrons. The number of amides is 2. The first kappa shape index (κ1) is 34.2. The van der Waals surface area contributed by atoms with Crippen LogP contribution in [0.15, 0.2) is 39.1 Å². The molecule has 0 unspecified atom stereocenters. The number of nitrogen functional groups attached to an aromatic ring is 1. The van der Waals surface area contributed by atoms with Gasteiger partial charge in [0, 0.05) is 11.8 Å². The normalized spacial score (nSPS) is 11.7. The van der Waals surface area contributed by atoms with Crippen molar-refractivity contribution in [3.8, 4) is 6.01 Å². The van der Waals surface area contributed by atoms with Crippen molar-refractivity contribution in [2.24, 2.45) is 0 Å². The number of hydrogen-bond donors (Lipinski definition) is 3. The molecule has 0 aliphatic carbocycles. The summed E-state index contributed by atoms with van der Waals surface area (Å²) in [5, 5.41) is 10.3. The van der Waals surface area contributed by atoms with Gasteiger partial charge in [-0.1, -0.05) is 50.7 Å². The number of methoxy groups -OCH3 is 1. The van der Waals surface area contributed by atoms with Crippen LogP contribution in [0.2, 0.25) is 0 Å². The van der Waals surface area contributed by atoms with Gasteiger partial charge in [0.1, 0.15) is 11.5 Å². The molecule has 0 saturated carbocycles. The Hall–Kier alpha value is -4.00. The summed E-state index contributed by atoms with van der Waals surface area (Å²) >= 11 is 1.29. The second-order valence-corrected chi connectivity index (χ2v) is 11.9. The number of urea groups is 1. The highest BCUT2D eigenvalue weighted by Crippen LogP contribution is 2.25. The van der Waals surface area contributed by atoms with E-state index in [4.69, 9.17) is 10.6 Å². The summed E-state index contributed by atoms with van der Waals surface area (Å²) in [6.07, 6.45) is -4.40. The van der Waals surface area contributed by atoms with Crippen LogP contribution in [0.4, 0.5) is 23.9 Å². The molecule has 1 aromatic carbocycles. The minimum absolute atomic E-state index is 0.0715. The van der Waals surface area contributed by atoms with E-state index in [2.05, 4.69) is 30.5 Å². The molecule has 2 amide bonds. The summed E-state index contributed by atoms with van der Waals surface area (Å²) in [5.74, 6) is 5.52. The zero-order valence-corrected chi connectivity index (χ0v) is 25.1. The third-order valence-corrected chi connectivity index (χ3v) is 7.13. The molecule has 230 valence electrons. The van der Waals surface area contributed by atoms with Crippen LogP contribution in [0, 0.1) is 6.92 Å². The Morgan fingerprint density at radius 1 is 1.12 bits per heavy atom. The van der Waals surface area contributed by atoms with Crippen LogP contribution in [0.3, 0.4) is 0 Å². The zero-order valence-electron chi connectivity index (χ0n) is 23.5. The van der Waals surface area contributed by atoms with Crippen molar-refractivity contribution in [1.82, 2.24) is 34.5 Å². The lowest BCUT2D eigenvalue weighted by Crippen LogP contribution is -2.37. The number of aromatic nitrogens is 6. The highest BCUT2D eigenvalue weighted by molar-refractivity contribution is 7.98. The number of nitrogens with two attached hydrogens (primary N) is 1. The summed E-state index contributed by atoms with van der Waals surface area (Å²) in [4.78, 5) is 34.6. The summed E-state index contributed by atoms with van der Waals surface area (Å²) in [6, 6.07) is 3.81. The maximum absolute atomic E-state index is 12.5. The molecule has 2 aromatic heterocycles. The number of carbonyl (C=O) groups excluding carboxylic acids is 1. The van der Waals surface area contributed by atoms with Crippen LogP contribution in [0.1, 0.15) is 44.3 Å². The highest BCUT2D eigenvalue weighted by Gasteiger charge is 2.29. The Bertz CT molecular complexity index is 1580. The van der Waals surface area contributed by atoms with Crippen molar-refractivity contribution >= 4 is 33.8 Å². The van der Waals surface area contributed by atoms with Crippen molar-refractivity contribution < 1.29 is 31.1 Å². The Morgan fingerprint density at radius 2 is 1.76 bits per heavy atom. The number of rotatable bonds is 7. The fourth-order valence-corrected chi connectivity index (χ4v) is 4.73. The van der Waals surface area contributed by atoms with E-state index in [0.717, 1.165) is 10.7 Å². The maximum atomic E-state index is 12.5. The van der Waals surface area contributed by atoms with Gasteiger partial charge in [0.05, 0.1) is 12.0 Å². The second kappa shape index (κ2) is 13.8. The molecular formula is C23H30F3N9O5S2. The number of nitrogens with zero attached hydrogens (tertiary/aromatic N) is 6. The van der Waals surface area contributed by atoms with E-state index in [0.29, 0.717) is 10.9 Å². The predicted octanol–water partition coefficient (Wildman–Crippen LogP) is 2.57. The first-order valence-electron chi connectivity index (χ1n) is 11.9. The second-order valence-electron chi connectivity index (χ2n) is 9.44. The van der Waals surface area contributed by atoms with Gasteiger partial charge in [-0.25, -0.2) is 17.9 Å². The number of ether oxygens (including phenoxy) is 1. The van der Waals surface area contributed by atoms with Crippen LogP contribution >= 0.6 is 11.8 Å². The number of anilines is 1. The number of sulfonamides is 1. The average Bonchev–Trinajstić information content (AvgIpc) is 2.87. The van der Waals surface area contributed by atoms with Gasteiger partial charge >= 0.3 is 18.2 Å². The van der Waals surface area contributed by atoms with E-state index in [1.807, 2.05) is 20.8 Å². The van der Waals surface area contributed by atoms with E-state index in [-0.39, 0.29) is 34.3 Å². The monoisotopic (exact) mass is 633 g/mol. The van der Waals surface area contributed by atoms with Crippen molar-refractivity contribution in [2.45, 2.75) is 62.2 Å². The van der Waals surface area contributed by atoms with E-state index >= 15 is 0 Å². The van der Waals surface area contributed by atoms with E-state index in [1.165, 1.54) is 44.0 Å². The van der Waals surface area contributed by atoms with Gasteiger partial charge in [0.15, 0.2) is 0 Å². The van der Waals surface area contributed by atoms with Crippen molar-refractivity contribution in [2.75, 3.05) is 24.5 Å².